The topological polar surface area (TPSA) is 42.4 Å². The highest BCUT2D eigenvalue weighted by molar-refractivity contribution is 7.09. The lowest BCUT2D eigenvalue weighted by molar-refractivity contribution is 0.298. The van der Waals surface area contributed by atoms with Crippen LogP contribution >= 0.6 is 11.3 Å². The van der Waals surface area contributed by atoms with Gasteiger partial charge in [-0.15, -0.1) is 11.3 Å². The van der Waals surface area contributed by atoms with E-state index in [-0.39, 0.29) is 18.2 Å². The van der Waals surface area contributed by atoms with Gasteiger partial charge in [0.2, 0.25) is 0 Å². The Morgan fingerprint density at radius 3 is 2.94 bits per heavy atom. The summed E-state index contributed by atoms with van der Waals surface area (Å²) in [5.74, 6) is -0.110. The lowest BCUT2D eigenvalue weighted by Gasteiger charge is -2.03. The molecular formula is C13H14FNO2S. The van der Waals surface area contributed by atoms with Crippen molar-refractivity contribution in [1.82, 2.24) is 4.98 Å². The number of aliphatic hydroxyl groups is 1. The Balaban J connectivity index is 2.10. The first-order valence-electron chi connectivity index (χ1n) is 5.59. The molecule has 0 atom stereocenters. The Bertz CT molecular complexity index is 527. The number of halogens is 1. The average Bonchev–Trinajstić information content (AvgIpc) is 2.77. The van der Waals surface area contributed by atoms with Crippen LogP contribution in [-0.4, -0.2) is 23.8 Å². The third-order valence-electron chi connectivity index (χ3n) is 2.54. The quantitative estimate of drug-likeness (QED) is 0.904. The Hall–Kier alpha value is -1.46. The molecule has 18 heavy (non-hydrogen) atoms. The van der Waals surface area contributed by atoms with Gasteiger partial charge in [0, 0.05) is 24.8 Å². The Morgan fingerprint density at radius 1 is 1.44 bits per heavy atom. The maximum Gasteiger partial charge on any atom is 0.165 e. The van der Waals surface area contributed by atoms with Crippen molar-refractivity contribution < 1.29 is 14.2 Å². The van der Waals surface area contributed by atoms with Gasteiger partial charge in [-0.2, -0.15) is 0 Å². The van der Waals surface area contributed by atoms with Gasteiger partial charge in [-0.3, -0.25) is 0 Å². The minimum atomic E-state index is -0.359. The Labute approximate surface area is 109 Å². The smallest absolute Gasteiger partial charge is 0.165 e. The fraction of sp³-hybridized carbons (Fsp3) is 0.308. The first-order valence-corrected chi connectivity index (χ1v) is 6.47. The van der Waals surface area contributed by atoms with Gasteiger partial charge in [-0.05, 0) is 17.7 Å². The Morgan fingerprint density at radius 2 is 2.28 bits per heavy atom. The third kappa shape index (κ3) is 3.05. The van der Waals surface area contributed by atoms with Gasteiger partial charge in [0.15, 0.2) is 11.6 Å². The maximum absolute atomic E-state index is 13.5. The fourth-order valence-corrected chi connectivity index (χ4v) is 2.52. The van der Waals surface area contributed by atoms with Crippen molar-refractivity contribution in [3.05, 3.63) is 45.7 Å². The molecule has 0 saturated carbocycles. The molecule has 2 rings (SSSR count). The molecule has 2 aromatic rings. The minimum Gasteiger partial charge on any atom is -0.494 e. The lowest BCUT2D eigenvalue weighted by atomic mass is 10.1. The number of hydrogen-bond acceptors (Lipinski definition) is 4. The van der Waals surface area contributed by atoms with Gasteiger partial charge in [0.1, 0.15) is 0 Å². The molecule has 0 saturated heterocycles. The highest BCUT2D eigenvalue weighted by atomic mass is 32.1. The second-order valence-corrected chi connectivity index (χ2v) is 4.79. The summed E-state index contributed by atoms with van der Waals surface area (Å²) >= 11 is 1.52. The zero-order valence-corrected chi connectivity index (χ0v) is 10.8. The summed E-state index contributed by atoms with van der Waals surface area (Å²) < 4.78 is 18.4. The van der Waals surface area contributed by atoms with E-state index in [0.717, 1.165) is 16.3 Å². The number of rotatable bonds is 5. The van der Waals surface area contributed by atoms with Crippen molar-refractivity contribution in [2.45, 2.75) is 12.8 Å². The third-order valence-corrected chi connectivity index (χ3v) is 3.44. The number of benzene rings is 1. The van der Waals surface area contributed by atoms with Crippen LogP contribution in [0.4, 0.5) is 4.39 Å². The van der Waals surface area contributed by atoms with Gasteiger partial charge in [-0.1, -0.05) is 6.07 Å². The van der Waals surface area contributed by atoms with Gasteiger partial charge >= 0.3 is 0 Å². The van der Waals surface area contributed by atoms with Gasteiger partial charge < -0.3 is 9.84 Å². The standard InChI is InChI=1S/C13H14FNO2S/c1-17-12-3-2-9(6-11(12)14)7-13-15-10(4-5-16)8-18-13/h2-3,6,8,16H,4-5,7H2,1H3. The molecule has 96 valence electrons. The summed E-state index contributed by atoms with van der Waals surface area (Å²) in [5.41, 5.74) is 1.74. The number of methoxy groups -OCH3 is 1. The van der Waals surface area contributed by atoms with Gasteiger partial charge in [0.25, 0.3) is 0 Å². The molecule has 1 aromatic carbocycles. The highest BCUT2D eigenvalue weighted by Gasteiger charge is 2.07. The predicted molar refractivity (Wildman–Crippen MR) is 68.7 cm³/mol. The molecule has 1 heterocycles. The summed E-state index contributed by atoms with van der Waals surface area (Å²) in [6.45, 7) is 0.0976. The normalized spacial score (nSPS) is 10.6. The summed E-state index contributed by atoms with van der Waals surface area (Å²) in [6, 6.07) is 4.91. The molecule has 0 spiro atoms. The molecule has 3 nitrogen and oxygen atoms in total. The van der Waals surface area contributed by atoms with Crippen LogP contribution in [0.15, 0.2) is 23.6 Å². The first kappa shape index (κ1) is 13.0. The van der Waals surface area contributed by atoms with Crippen molar-refractivity contribution in [3.63, 3.8) is 0 Å². The number of nitrogens with zero attached hydrogens (tertiary/aromatic N) is 1. The van der Waals surface area contributed by atoms with E-state index in [1.807, 2.05) is 11.4 Å². The van der Waals surface area contributed by atoms with Crippen LogP contribution < -0.4 is 4.74 Å². The molecule has 0 amide bonds. The molecule has 0 bridgehead atoms. The van der Waals surface area contributed by atoms with E-state index in [1.54, 1.807) is 6.07 Å². The number of hydrogen-bond donors (Lipinski definition) is 1. The zero-order chi connectivity index (χ0) is 13.0. The molecule has 5 heteroatoms. The molecule has 0 aliphatic rings. The summed E-state index contributed by atoms with van der Waals surface area (Å²) in [5, 5.41) is 11.7. The van der Waals surface area contributed by atoms with Crippen LogP contribution in [0.1, 0.15) is 16.3 Å². The minimum absolute atomic E-state index is 0.0976. The second kappa shape index (κ2) is 5.93. The van der Waals surface area contributed by atoms with Crippen LogP contribution in [0.5, 0.6) is 5.75 Å². The van der Waals surface area contributed by atoms with E-state index in [2.05, 4.69) is 4.98 Å². The zero-order valence-electron chi connectivity index (χ0n) is 10.0. The van der Waals surface area contributed by atoms with Crippen LogP contribution in [0.3, 0.4) is 0 Å². The van der Waals surface area contributed by atoms with E-state index in [1.165, 1.54) is 24.5 Å². The lowest BCUT2D eigenvalue weighted by Crippen LogP contribution is -1.94. The Kier molecular flexibility index (Phi) is 4.28. The predicted octanol–water partition coefficient (Wildman–Crippen LogP) is 2.42. The summed E-state index contributed by atoms with van der Waals surface area (Å²) in [6.07, 6.45) is 1.16. The second-order valence-electron chi connectivity index (χ2n) is 3.85. The number of aromatic nitrogens is 1. The molecule has 0 aliphatic carbocycles. The molecule has 0 fully saturated rings. The van der Waals surface area contributed by atoms with E-state index >= 15 is 0 Å². The number of aliphatic hydroxyl groups excluding tert-OH is 1. The van der Waals surface area contributed by atoms with Crippen LogP contribution in [0.25, 0.3) is 0 Å². The van der Waals surface area contributed by atoms with Crippen molar-refractivity contribution in [2.24, 2.45) is 0 Å². The van der Waals surface area contributed by atoms with Crippen molar-refractivity contribution in [1.29, 1.82) is 0 Å². The maximum atomic E-state index is 13.5. The molecule has 1 N–H and O–H groups in total. The van der Waals surface area contributed by atoms with Crippen molar-refractivity contribution in [2.75, 3.05) is 13.7 Å². The van der Waals surface area contributed by atoms with Crippen LogP contribution in [-0.2, 0) is 12.8 Å². The van der Waals surface area contributed by atoms with Gasteiger partial charge in [-0.25, -0.2) is 9.37 Å². The average molecular weight is 267 g/mol. The SMILES string of the molecule is COc1ccc(Cc2nc(CCO)cs2)cc1F. The molecule has 1 aromatic heterocycles. The molecular weight excluding hydrogens is 253 g/mol. The first-order chi connectivity index (χ1) is 8.72. The molecule has 0 aliphatic heterocycles. The molecule has 0 unspecified atom stereocenters. The largest absolute Gasteiger partial charge is 0.494 e. The van der Waals surface area contributed by atoms with E-state index in [4.69, 9.17) is 9.84 Å². The number of ether oxygens (including phenoxy) is 1. The molecule has 0 radical (unpaired) electrons. The summed E-state index contributed by atoms with van der Waals surface area (Å²) in [4.78, 5) is 4.37. The van der Waals surface area contributed by atoms with Crippen LogP contribution in [0.2, 0.25) is 0 Å². The van der Waals surface area contributed by atoms with E-state index in [9.17, 15) is 4.39 Å². The van der Waals surface area contributed by atoms with Crippen molar-refractivity contribution in [3.8, 4) is 5.75 Å². The highest BCUT2D eigenvalue weighted by Crippen LogP contribution is 2.21. The van der Waals surface area contributed by atoms with E-state index < -0.39 is 0 Å². The van der Waals surface area contributed by atoms with Crippen LogP contribution in [0, 0.1) is 5.82 Å². The number of thiazole rings is 1. The van der Waals surface area contributed by atoms with E-state index in [0.29, 0.717) is 12.8 Å². The van der Waals surface area contributed by atoms with Crippen molar-refractivity contribution >= 4 is 11.3 Å². The summed E-state index contributed by atoms with van der Waals surface area (Å²) in [7, 11) is 1.44. The van der Waals surface area contributed by atoms with Gasteiger partial charge in [0.05, 0.1) is 17.8 Å². The fourth-order valence-electron chi connectivity index (χ4n) is 1.65. The monoisotopic (exact) mass is 267 g/mol.